The highest BCUT2D eigenvalue weighted by Crippen LogP contribution is 2.25. The Morgan fingerprint density at radius 2 is 1.79 bits per heavy atom. The van der Waals surface area contributed by atoms with Gasteiger partial charge in [-0.25, -0.2) is 4.79 Å². The lowest BCUT2D eigenvalue weighted by atomic mass is 9.98. The largest absolute Gasteiger partial charge is 0.459 e. The van der Waals surface area contributed by atoms with Gasteiger partial charge in [-0.05, 0) is 38.0 Å². The molecule has 2 aromatic rings. The van der Waals surface area contributed by atoms with Crippen LogP contribution in [0.3, 0.4) is 0 Å². The summed E-state index contributed by atoms with van der Waals surface area (Å²) in [5.74, 6) is -0.271. The number of carbonyl (C=O) groups excluding carboxylic acids is 1. The zero-order valence-corrected chi connectivity index (χ0v) is 11.5. The second-order valence-corrected chi connectivity index (χ2v) is 4.87. The number of aryl methyl sites for hydroxylation is 1. The van der Waals surface area contributed by atoms with Crippen molar-refractivity contribution in [3.05, 3.63) is 59.7 Å². The molecule has 19 heavy (non-hydrogen) atoms. The molecule has 0 bridgehead atoms. The molecule has 0 saturated carbocycles. The first-order valence-electron chi connectivity index (χ1n) is 6.45. The van der Waals surface area contributed by atoms with Gasteiger partial charge in [0.1, 0.15) is 0 Å². The molecule has 2 heteroatoms. The SMILES string of the molecule is Cc1cccc(-c2ccccc2C(=O)OC(C)C)c1. The maximum Gasteiger partial charge on any atom is 0.339 e. The third-order valence-corrected chi connectivity index (χ3v) is 2.82. The summed E-state index contributed by atoms with van der Waals surface area (Å²) in [6.45, 7) is 5.75. The predicted molar refractivity (Wildman–Crippen MR) is 77.2 cm³/mol. The van der Waals surface area contributed by atoms with Gasteiger partial charge in [-0.3, -0.25) is 0 Å². The number of carbonyl (C=O) groups is 1. The quantitative estimate of drug-likeness (QED) is 0.766. The van der Waals surface area contributed by atoms with E-state index in [0.717, 1.165) is 11.1 Å². The van der Waals surface area contributed by atoms with Gasteiger partial charge in [0, 0.05) is 0 Å². The molecule has 0 aliphatic rings. The van der Waals surface area contributed by atoms with Gasteiger partial charge in [0.05, 0.1) is 11.7 Å². The smallest absolute Gasteiger partial charge is 0.339 e. The first kappa shape index (κ1) is 13.3. The Morgan fingerprint density at radius 1 is 1.05 bits per heavy atom. The van der Waals surface area contributed by atoms with E-state index in [0.29, 0.717) is 5.56 Å². The van der Waals surface area contributed by atoms with Crippen LogP contribution < -0.4 is 0 Å². The van der Waals surface area contributed by atoms with Crippen LogP contribution in [0.15, 0.2) is 48.5 Å². The lowest BCUT2D eigenvalue weighted by Crippen LogP contribution is -2.12. The van der Waals surface area contributed by atoms with Crippen LogP contribution in [0.4, 0.5) is 0 Å². The van der Waals surface area contributed by atoms with E-state index >= 15 is 0 Å². The van der Waals surface area contributed by atoms with Crippen molar-refractivity contribution >= 4 is 5.97 Å². The second kappa shape index (κ2) is 5.70. The van der Waals surface area contributed by atoms with Gasteiger partial charge < -0.3 is 4.74 Å². The van der Waals surface area contributed by atoms with E-state index < -0.39 is 0 Å². The van der Waals surface area contributed by atoms with Crippen molar-refractivity contribution in [1.29, 1.82) is 0 Å². The molecule has 0 fully saturated rings. The van der Waals surface area contributed by atoms with E-state index in [4.69, 9.17) is 4.74 Å². The molecule has 0 heterocycles. The monoisotopic (exact) mass is 254 g/mol. The summed E-state index contributed by atoms with van der Waals surface area (Å²) in [5.41, 5.74) is 3.74. The summed E-state index contributed by atoms with van der Waals surface area (Å²) in [4.78, 5) is 12.1. The standard InChI is InChI=1S/C17H18O2/c1-12(2)19-17(18)16-10-5-4-9-15(16)14-8-6-7-13(3)11-14/h4-12H,1-3H3. The maximum atomic E-state index is 12.1. The summed E-state index contributed by atoms with van der Waals surface area (Å²) < 4.78 is 5.29. The molecule has 2 aromatic carbocycles. The average molecular weight is 254 g/mol. The van der Waals surface area contributed by atoms with Gasteiger partial charge in [-0.2, -0.15) is 0 Å². The van der Waals surface area contributed by atoms with Crippen LogP contribution in [0.1, 0.15) is 29.8 Å². The van der Waals surface area contributed by atoms with E-state index in [1.54, 1.807) is 0 Å². The Hall–Kier alpha value is -2.09. The van der Waals surface area contributed by atoms with Crippen molar-refractivity contribution < 1.29 is 9.53 Å². The predicted octanol–water partition coefficient (Wildman–Crippen LogP) is 4.23. The fourth-order valence-electron chi connectivity index (χ4n) is 2.00. The number of ether oxygens (including phenoxy) is 1. The van der Waals surface area contributed by atoms with Crippen LogP contribution in [0.5, 0.6) is 0 Å². The summed E-state index contributed by atoms with van der Waals surface area (Å²) in [7, 11) is 0. The Labute approximate surface area is 114 Å². The first-order valence-corrected chi connectivity index (χ1v) is 6.45. The molecular formula is C17H18O2. The average Bonchev–Trinajstić information content (AvgIpc) is 2.38. The van der Waals surface area contributed by atoms with E-state index in [1.807, 2.05) is 63.2 Å². The molecule has 0 spiro atoms. The molecule has 0 saturated heterocycles. The minimum absolute atomic E-state index is 0.113. The molecule has 0 unspecified atom stereocenters. The van der Waals surface area contributed by atoms with Gasteiger partial charge in [0.15, 0.2) is 0 Å². The Morgan fingerprint density at radius 3 is 2.47 bits per heavy atom. The van der Waals surface area contributed by atoms with Gasteiger partial charge in [0.25, 0.3) is 0 Å². The molecule has 2 rings (SSSR count). The molecule has 0 aliphatic carbocycles. The molecule has 0 radical (unpaired) electrons. The van der Waals surface area contributed by atoms with Crippen molar-refractivity contribution in [2.24, 2.45) is 0 Å². The lowest BCUT2D eigenvalue weighted by Gasteiger charge is -2.12. The molecule has 98 valence electrons. The van der Waals surface area contributed by atoms with Crippen molar-refractivity contribution in [2.75, 3.05) is 0 Å². The van der Waals surface area contributed by atoms with Crippen LogP contribution in [0.2, 0.25) is 0 Å². The lowest BCUT2D eigenvalue weighted by molar-refractivity contribution is 0.0379. The van der Waals surface area contributed by atoms with E-state index in [9.17, 15) is 4.79 Å². The molecular weight excluding hydrogens is 236 g/mol. The molecule has 0 atom stereocenters. The van der Waals surface area contributed by atoms with Gasteiger partial charge >= 0.3 is 5.97 Å². The highest BCUT2D eigenvalue weighted by Gasteiger charge is 2.14. The van der Waals surface area contributed by atoms with Crippen LogP contribution in [0, 0.1) is 6.92 Å². The molecule has 0 aromatic heterocycles. The Kier molecular flexibility index (Phi) is 4.00. The normalized spacial score (nSPS) is 10.5. The number of rotatable bonds is 3. The minimum atomic E-state index is -0.271. The third kappa shape index (κ3) is 3.22. The minimum Gasteiger partial charge on any atom is -0.459 e. The summed E-state index contributed by atoms with van der Waals surface area (Å²) in [5, 5.41) is 0. The number of benzene rings is 2. The van der Waals surface area contributed by atoms with E-state index in [2.05, 4.69) is 6.07 Å². The molecule has 0 N–H and O–H groups in total. The van der Waals surface area contributed by atoms with Crippen LogP contribution >= 0.6 is 0 Å². The Balaban J connectivity index is 2.44. The maximum absolute atomic E-state index is 12.1. The van der Waals surface area contributed by atoms with E-state index in [-0.39, 0.29) is 12.1 Å². The highest BCUT2D eigenvalue weighted by atomic mass is 16.5. The van der Waals surface area contributed by atoms with Gasteiger partial charge in [0.2, 0.25) is 0 Å². The summed E-state index contributed by atoms with van der Waals surface area (Å²) in [6, 6.07) is 15.7. The zero-order chi connectivity index (χ0) is 13.8. The summed E-state index contributed by atoms with van der Waals surface area (Å²) in [6.07, 6.45) is -0.113. The Bertz CT molecular complexity index is 585. The van der Waals surface area contributed by atoms with Crippen LogP contribution in [0.25, 0.3) is 11.1 Å². The highest BCUT2D eigenvalue weighted by molar-refractivity contribution is 5.97. The summed E-state index contributed by atoms with van der Waals surface area (Å²) >= 11 is 0. The third-order valence-electron chi connectivity index (χ3n) is 2.82. The second-order valence-electron chi connectivity index (χ2n) is 4.87. The van der Waals surface area contributed by atoms with Gasteiger partial charge in [-0.1, -0.05) is 48.0 Å². The van der Waals surface area contributed by atoms with Gasteiger partial charge in [-0.15, -0.1) is 0 Å². The number of hydrogen-bond donors (Lipinski definition) is 0. The van der Waals surface area contributed by atoms with Crippen LogP contribution in [-0.2, 0) is 4.74 Å². The van der Waals surface area contributed by atoms with E-state index in [1.165, 1.54) is 5.56 Å². The van der Waals surface area contributed by atoms with Crippen molar-refractivity contribution in [2.45, 2.75) is 26.9 Å². The van der Waals surface area contributed by atoms with Crippen molar-refractivity contribution in [1.82, 2.24) is 0 Å². The zero-order valence-electron chi connectivity index (χ0n) is 11.5. The topological polar surface area (TPSA) is 26.3 Å². The van der Waals surface area contributed by atoms with Crippen molar-refractivity contribution in [3.63, 3.8) is 0 Å². The molecule has 2 nitrogen and oxygen atoms in total. The number of hydrogen-bond acceptors (Lipinski definition) is 2. The van der Waals surface area contributed by atoms with Crippen molar-refractivity contribution in [3.8, 4) is 11.1 Å². The number of esters is 1. The van der Waals surface area contributed by atoms with Crippen LogP contribution in [-0.4, -0.2) is 12.1 Å². The fourth-order valence-corrected chi connectivity index (χ4v) is 2.00. The first-order chi connectivity index (χ1) is 9.08. The molecule has 0 amide bonds. The fraction of sp³-hybridized carbons (Fsp3) is 0.235. The molecule has 0 aliphatic heterocycles.